The molecule has 0 aliphatic rings. The summed E-state index contributed by atoms with van der Waals surface area (Å²) in [5.41, 5.74) is 9.85. The number of methoxy groups -OCH3 is 1. The normalized spacial score (nSPS) is 11.1. The van der Waals surface area contributed by atoms with Gasteiger partial charge in [-0.3, -0.25) is 9.36 Å². The SMILES string of the molecule is COc1ccc(NC(=O)c2c(N)n(-c3ccc(F)cc3)c3nc4ccccc4nc23)cc1. The van der Waals surface area contributed by atoms with Crippen LogP contribution in [0, 0.1) is 5.82 Å². The molecule has 0 fully saturated rings. The molecule has 0 aliphatic carbocycles. The Bertz CT molecular complexity index is 1460. The zero-order valence-electron chi connectivity index (χ0n) is 17.0. The predicted molar refractivity (Wildman–Crippen MR) is 122 cm³/mol. The van der Waals surface area contributed by atoms with Crippen LogP contribution in [-0.2, 0) is 0 Å². The first-order valence-corrected chi connectivity index (χ1v) is 9.83. The summed E-state index contributed by atoms with van der Waals surface area (Å²) < 4.78 is 20.3. The maximum atomic E-state index is 13.5. The van der Waals surface area contributed by atoms with Crippen LogP contribution >= 0.6 is 0 Å². The maximum absolute atomic E-state index is 13.5. The van der Waals surface area contributed by atoms with Gasteiger partial charge in [0.1, 0.15) is 28.5 Å². The number of aromatic nitrogens is 3. The van der Waals surface area contributed by atoms with Crippen LogP contribution in [0.1, 0.15) is 10.4 Å². The summed E-state index contributed by atoms with van der Waals surface area (Å²) in [6, 6.07) is 20.1. The number of nitrogens with one attached hydrogen (secondary N) is 1. The molecule has 7 nitrogen and oxygen atoms in total. The summed E-state index contributed by atoms with van der Waals surface area (Å²) >= 11 is 0. The van der Waals surface area contributed by atoms with Crippen molar-refractivity contribution in [2.75, 3.05) is 18.2 Å². The molecule has 0 bridgehead atoms. The van der Waals surface area contributed by atoms with Gasteiger partial charge in [-0.15, -0.1) is 0 Å². The fourth-order valence-corrected chi connectivity index (χ4v) is 3.60. The summed E-state index contributed by atoms with van der Waals surface area (Å²) in [4.78, 5) is 22.6. The molecule has 0 unspecified atom stereocenters. The molecule has 3 N–H and O–H groups in total. The molecule has 8 heteroatoms. The van der Waals surface area contributed by atoms with Crippen molar-refractivity contribution in [3.8, 4) is 11.4 Å². The summed E-state index contributed by atoms with van der Waals surface area (Å²) in [7, 11) is 1.57. The van der Waals surface area contributed by atoms with Crippen LogP contribution in [0.25, 0.3) is 27.9 Å². The van der Waals surface area contributed by atoms with Gasteiger partial charge in [-0.2, -0.15) is 0 Å². The van der Waals surface area contributed by atoms with E-state index in [9.17, 15) is 9.18 Å². The number of nitrogen functional groups attached to an aromatic ring is 1. The number of carbonyl (C=O) groups excluding carboxylic acids is 1. The van der Waals surface area contributed by atoms with E-state index >= 15 is 0 Å². The molecule has 0 atom stereocenters. The molecule has 0 radical (unpaired) electrons. The molecule has 5 aromatic rings. The third-order valence-corrected chi connectivity index (χ3v) is 5.16. The number of halogens is 1. The van der Waals surface area contributed by atoms with Crippen LogP contribution in [0.2, 0.25) is 0 Å². The summed E-state index contributed by atoms with van der Waals surface area (Å²) in [5, 5.41) is 2.85. The second-order valence-corrected chi connectivity index (χ2v) is 7.14. The Morgan fingerprint density at radius 2 is 1.62 bits per heavy atom. The first kappa shape index (κ1) is 19.5. The first-order valence-electron chi connectivity index (χ1n) is 9.83. The van der Waals surface area contributed by atoms with E-state index in [1.54, 1.807) is 48.1 Å². The van der Waals surface area contributed by atoms with Crippen LogP contribution < -0.4 is 15.8 Å². The zero-order valence-corrected chi connectivity index (χ0v) is 17.0. The molecule has 1 amide bonds. The minimum atomic E-state index is -0.428. The van der Waals surface area contributed by atoms with Crippen molar-refractivity contribution >= 4 is 39.6 Å². The van der Waals surface area contributed by atoms with Crippen molar-refractivity contribution in [1.82, 2.24) is 14.5 Å². The van der Waals surface area contributed by atoms with Crippen molar-refractivity contribution in [3.05, 3.63) is 84.2 Å². The van der Waals surface area contributed by atoms with Crippen molar-refractivity contribution in [2.45, 2.75) is 0 Å². The van der Waals surface area contributed by atoms with E-state index < -0.39 is 5.91 Å². The maximum Gasteiger partial charge on any atom is 0.261 e. The Kier molecular flexibility index (Phi) is 4.67. The number of nitrogens with zero attached hydrogens (tertiary/aromatic N) is 3. The van der Waals surface area contributed by atoms with Gasteiger partial charge in [0.05, 0.1) is 18.1 Å². The standard InChI is InChI=1S/C24H18FN5O2/c1-32-17-12-8-15(9-13-17)27-24(31)20-21-23(29-19-5-3-2-4-18(19)28-21)30(22(20)26)16-10-6-14(25)7-11-16/h2-13H,26H2,1H3,(H,27,31). The largest absolute Gasteiger partial charge is 0.497 e. The third kappa shape index (κ3) is 3.27. The average Bonchev–Trinajstić information content (AvgIpc) is 3.09. The van der Waals surface area contributed by atoms with E-state index in [0.717, 1.165) is 0 Å². The fourth-order valence-electron chi connectivity index (χ4n) is 3.60. The molecular formula is C24H18FN5O2. The van der Waals surface area contributed by atoms with Crippen molar-refractivity contribution < 1.29 is 13.9 Å². The van der Waals surface area contributed by atoms with E-state index in [1.165, 1.54) is 12.1 Å². The number of carbonyl (C=O) groups is 1. The lowest BCUT2D eigenvalue weighted by atomic mass is 10.2. The molecule has 32 heavy (non-hydrogen) atoms. The van der Waals surface area contributed by atoms with Crippen molar-refractivity contribution in [2.24, 2.45) is 0 Å². The summed E-state index contributed by atoms with van der Waals surface area (Å²) in [5.74, 6) is 0.0292. The molecule has 2 heterocycles. The second kappa shape index (κ2) is 7.66. The van der Waals surface area contributed by atoms with Gasteiger partial charge >= 0.3 is 0 Å². The lowest BCUT2D eigenvalue weighted by molar-refractivity contribution is 0.102. The lowest BCUT2D eigenvalue weighted by Crippen LogP contribution is -2.14. The highest BCUT2D eigenvalue weighted by atomic mass is 19.1. The van der Waals surface area contributed by atoms with Gasteiger partial charge in [0.15, 0.2) is 5.65 Å². The number of hydrogen-bond acceptors (Lipinski definition) is 5. The molecule has 0 spiro atoms. The number of benzene rings is 3. The molecule has 0 aliphatic heterocycles. The minimum Gasteiger partial charge on any atom is -0.497 e. The van der Waals surface area contributed by atoms with E-state index in [0.29, 0.717) is 39.3 Å². The monoisotopic (exact) mass is 427 g/mol. The lowest BCUT2D eigenvalue weighted by Gasteiger charge is -2.08. The molecular weight excluding hydrogens is 409 g/mol. The van der Waals surface area contributed by atoms with E-state index in [1.807, 2.05) is 24.3 Å². The Labute approximate surface area is 182 Å². The first-order chi connectivity index (χ1) is 15.5. The predicted octanol–water partition coefficient (Wildman–Crippen LogP) is 4.56. The number of ether oxygens (including phenoxy) is 1. The van der Waals surface area contributed by atoms with Gasteiger partial charge < -0.3 is 15.8 Å². The van der Waals surface area contributed by atoms with Crippen LogP contribution in [-0.4, -0.2) is 27.6 Å². The van der Waals surface area contributed by atoms with Gasteiger partial charge in [0.25, 0.3) is 5.91 Å². The number of nitrogens with two attached hydrogens (primary N) is 1. The number of amides is 1. The Morgan fingerprint density at radius 1 is 0.969 bits per heavy atom. The van der Waals surface area contributed by atoms with Crippen molar-refractivity contribution in [3.63, 3.8) is 0 Å². The van der Waals surface area contributed by atoms with Gasteiger partial charge in [-0.1, -0.05) is 12.1 Å². The summed E-state index contributed by atoms with van der Waals surface area (Å²) in [6.07, 6.45) is 0. The highest BCUT2D eigenvalue weighted by molar-refractivity contribution is 6.16. The van der Waals surface area contributed by atoms with E-state index in [2.05, 4.69) is 10.3 Å². The Morgan fingerprint density at radius 3 is 2.28 bits per heavy atom. The topological polar surface area (TPSA) is 95.1 Å². The molecule has 2 aromatic heterocycles. The van der Waals surface area contributed by atoms with Crippen molar-refractivity contribution in [1.29, 1.82) is 0 Å². The molecule has 0 saturated carbocycles. The van der Waals surface area contributed by atoms with E-state index in [-0.39, 0.29) is 17.2 Å². The highest BCUT2D eigenvalue weighted by Crippen LogP contribution is 2.31. The van der Waals surface area contributed by atoms with Crippen LogP contribution in [0.15, 0.2) is 72.8 Å². The van der Waals surface area contributed by atoms with Crippen LogP contribution in [0.3, 0.4) is 0 Å². The molecule has 3 aromatic carbocycles. The average molecular weight is 427 g/mol. The number of para-hydroxylation sites is 2. The number of anilines is 2. The minimum absolute atomic E-state index is 0.160. The van der Waals surface area contributed by atoms with Gasteiger partial charge in [-0.05, 0) is 60.7 Å². The molecule has 0 saturated heterocycles. The number of rotatable bonds is 4. The van der Waals surface area contributed by atoms with Gasteiger partial charge in [-0.25, -0.2) is 14.4 Å². The van der Waals surface area contributed by atoms with Gasteiger partial charge in [0.2, 0.25) is 0 Å². The smallest absolute Gasteiger partial charge is 0.261 e. The Hall–Kier alpha value is -4.46. The fraction of sp³-hybridized carbons (Fsp3) is 0.0417. The zero-order chi connectivity index (χ0) is 22.2. The van der Waals surface area contributed by atoms with Crippen LogP contribution in [0.5, 0.6) is 5.75 Å². The van der Waals surface area contributed by atoms with E-state index in [4.69, 9.17) is 15.5 Å². The number of hydrogen-bond donors (Lipinski definition) is 2. The molecule has 158 valence electrons. The Balaban J connectivity index is 1.70. The molecule has 5 rings (SSSR count). The third-order valence-electron chi connectivity index (χ3n) is 5.16. The highest BCUT2D eigenvalue weighted by Gasteiger charge is 2.25. The second-order valence-electron chi connectivity index (χ2n) is 7.14. The quantitative estimate of drug-likeness (QED) is 0.439. The number of fused-ring (bicyclic) bond motifs is 2. The van der Waals surface area contributed by atoms with Gasteiger partial charge in [0, 0.05) is 11.4 Å². The van der Waals surface area contributed by atoms with Crippen LogP contribution in [0.4, 0.5) is 15.9 Å². The summed E-state index contributed by atoms with van der Waals surface area (Å²) in [6.45, 7) is 0.